The van der Waals surface area contributed by atoms with Crippen molar-refractivity contribution in [3.05, 3.63) is 75.8 Å². The van der Waals surface area contributed by atoms with Crippen LogP contribution in [0.15, 0.2) is 54.6 Å². The van der Waals surface area contributed by atoms with Crippen molar-refractivity contribution in [2.75, 3.05) is 26.2 Å². The van der Waals surface area contributed by atoms with E-state index in [0.29, 0.717) is 36.1 Å². The van der Waals surface area contributed by atoms with Crippen molar-refractivity contribution in [1.82, 2.24) is 19.6 Å². The van der Waals surface area contributed by atoms with Gasteiger partial charge in [-0.15, -0.1) is 11.3 Å². The van der Waals surface area contributed by atoms with Crippen LogP contribution in [-0.2, 0) is 0 Å². The van der Waals surface area contributed by atoms with E-state index in [1.807, 2.05) is 37.3 Å². The van der Waals surface area contributed by atoms with Gasteiger partial charge in [0.05, 0.1) is 26.8 Å². The summed E-state index contributed by atoms with van der Waals surface area (Å²) in [6.45, 7) is 3.61. The fraction of sp³-hybridized carbons (Fsp3) is 0.208. The van der Waals surface area contributed by atoms with Crippen LogP contribution >= 0.6 is 22.9 Å². The van der Waals surface area contributed by atoms with Gasteiger partial charge >= 0.3 is 0 Å². The third-order valence-corrected chi connectivity index (χ3v) is 7.24. The van der Waals surface area contributed by atoms with Gasteiger partial charge in [0.25, 0.3) is 11.8 Å². The van der Waals surface area contributed by atoms with Crippen molar-refractivity contribution in [2.45, 2.75) is 6.92 Å². The van der Waals surface area contributed by atoms with Gasteiger partial charge in [0.2, 0.25) is 0 Å². The van der Waals surface area contributed by atoms with Gasteiger partial charge in [-0.25, -0.2) is 4.68 Å². The predicted molar refractivity (Wildman–Crippen MR) is 129 cm³/mol. The Bertz CT molecular complexity index is 1370. The molecule has 2 amide bonds. The molecule has 4 aromatic rings. The number of para-hydroxylation sites is 2. The number of carbonyl (C=O) groups excluding carboxylic acids is 2. The van der Waals surface area contributed by atoms with Crippen LogP contribution in [0, 0.1) is 6.92 Å². The minimum atomic E-state index is -0.225. The molecule has 2 aromatic carbocycles. The quantitative estimate of drug-likeness (QED) is 0.472. The Morgan fingerprint density at radius 1 is 0.970 bits per heavy atom. The monoisotopic (exact) mass is 480 g/mol. The van der Waals surface area contributed by atoms with Crippen LogP contribution in [0.1, 0.15) is 25.7 Å². The second-order valence-electron chi connectivity index (χ2n) is 7.88. The molecule has 168 valence electrons. The van der Waals surface area contributed by atoms with Crippen molar-refractivity contribution in [1.29, 1.82) is 0 Å². The largest absolute Gasteiger partial charge is 0.507 e. The van der Waals surface area contributed by atoms with Crippen LogP contribution in [0.5, 0.6) is 5.75 Å². The zero-order chi connectivity index (χ0) is 23.1. The first kappa shape index (κ1) is 21.5. The SMILES string of the molecule is Cc1nn(-c2ccccc2Cl)c2sc(C(=O)N3CCN(C(=O)c4ccccc4O)CC3)cc12. The number of rotatable bonds is 3. The number of benzene rings is 2. The molecule has 33 heavy (non-hydrogen) atoms. The van der Waals surface area contributed by atoms with Crippen LogP contribution < -0.4 is 0 Å². The minimum absolute atomic E-state index is 0.0331. The zero-order valence-corrected chi connectivity index (χ0v) is 19.4. The molecule has 1 aliphatic rings. The number of fused-ring (bicyclic) bond motifs is 1. The van der Waals surface area contributed by atoms with Crippen LogP contribution in [0.25, 0.3) is 15.9 Å². The number of hydrogen-bond acceptors (Lipinski definition) is 5. The fourth-order valence-electron chi connectivity index (χ4n) is 4.03. The highest BCUT2D eigenvalue weighted by atomic mass is 35.5. The summed E-state index contributed by atoms with van der Waals surface area (Å²) in [6.07, 6.45) is 0. The molecule has 0 bridgehead atoms. The Labute approximate surface area is 199 Å². The number of hydrogen-bond donors (Lipinski definition) is 1. The number of nitrogens with zero attached hydrogens (tertiary/aromatic N) is 4. The third-order valence-electron chi connectivity index (χ3n) is 5.82. The lowest BCUT2D eigenvalue weighted by atomic mass is 10.1. The van der Waals surface area contributed by atoms with Gasteiger partial charge in [-0.1, -0.05) is 35.9 Å². The molecule has 0 spiro atoms. The molecule has 0 atom stereocenters. The maximum absolute atomic E-state index is 13.2. The number of amides is 2. The molecule has 1 saturated heterocycles. The van der Waals surface area contributed by atoms with E-state index in [4.69, 9.17) is 11.6 Å². The molecule has 9 heteroatoms. The molecular weight excluding hydrogens is 460 g/mol. The molecule has 2 aromatic heterocycles. The smallest absolute Gasteiger partial charge is 0.264 e. The lowest BCUT2D eigenvalue weighted by Gasteiger charge is -2.34. The van der Waals surface area contributed by atoms with Gasteiger partial charge in [0, 0.05) is 31.6 Å². The fourth-order valence-corrected chi connectivity index (χ4v) is 5.39. The molecule has 0 aliphatic carbocycles. The van der Waals surface area contributed by atoms with Crippen LogP contribution in [0.2, 0.25) is 5.02 Å². The van der Waals surface area contributed by atoms with E-state index >= 15 is 0 Å². The van der Waals surface area contributed by atoms with E-state index < -0.39 is 0 Å². The van der Waals surface area contributed by atoms with E-state index in [2.05, 4.69) is 5.10 Å². The number of piperazine rings is 1. The number of carbonyl (C=O) groups is 2. The number of phenolic OH excluding ortho intramolecular Hbond substituents is 1. The highest BCUT2D eigenvalue weighted by molar-refractivity contribution is 7.20. The lowest BCUT2D eigenvalue weighted by molar-refractivity contribution is 0.0536. The van der Waals surface area contributed by atoms with Crippen LogP contribution in [0.4, 0.5) is 0 Å². The van der Waals surface area contributed by atoms with E-state index in [1.54, 1.807) is 32.7 Å². The van der Waals surface area contributed by atoms with E-state index in [9.17, 15) is 14.7 Å². The molecule has 5 rings (SSSR count). The molecular formula is C24H21ClN4O3S. The normalized spacial score (nSPS) is 14.1. The first-order valence-corrected chi connectivity index (χ1v) is 11.7. The summed E-state index contributed by atoms with van der Waals surface area (Å²) in [5, 5.41) is 16.1. The number of aryl methyl sites for hydroxylation is 1. The Kier molecular flexibility index (Phi) is 5.55. The summed E-state index contributed by atoms with van der Waals surface area (Å²) >= 11 is 7.77. The summed E-state index contributed by atoms with van der Waals surface area (Å²) in [7, 11) is 0. The van der Waals surface area contributed by atoms with Gasteiger partial charge in [-0.05, 0) is 37.3 Å². The first-order valence-electron chi connectivity index (χ1n) is 10.5. The number of aromatic hydroxyl groups is 1. The molecule has 7 nitrogen and oxygen atoms in total. The molecule has 1 fully saturated rings. The Hall–Kier alpha value is -3.36. The summed E-state index contributed by atoms with van der Waals surface area (Å²) in [5.74, 6) is -0.317. The first-order chi connectivity index (χ1) is 15.9. The van der Waals surface area contributed by atoms with Crippen molar-refractivity contribution in [2.24, 2.45) is 0 Å². The second-order valence-corrected chi connectivity index (χ2v) is 9.32. The number of aromatic nitrogens is 2. The number of halogens is 1. The van der Waals surface area contributed by atoms with E-state index in [1.165, 1.54) is 17.4 Å². The van der Waals surface area contributed by atoms with E-state index in [-0.39, 0.29) is 23.1 Å². The zero-order valence-electron chi connectivity index (χ0n) is 17.9. The summed E-state index contributed by atoms with van der Waals surface area (Å²) in [6, 6.07) is 15.9. The number of phenols is 1. The third kappa shape index (κ3) is 3.85. The van der Waals surface area contributed by atoms with Gasteiger partial charge in [-0.3, -0.25) is 9.59 Å². The average molecular weight is 481 g/mol. The minimum Gasteiger partial charge on any atom is -0.507 e. The molecule has 3 heterocycles. The number of thiophene rings is 1. The average Bonchev–Trinajstić information content (AvgIpc) is 3.40. The van der Waals surface area contributed by atoms with Crippen LogP contribution in [0.3, 0.4) is 0 Å². The molecule has 0 radical (unpaired) electrons. The van der Waals surface area contributed by atoms with Gasteiger partial charge in [0.1, 0.15) is 10.6 Å². The van der Waals surface area contributed by atoms with Crippen molar-refractivity contribution in [3.63, 3.8) is 0 Å². The molecule has 0 unspecified atom stereocenters. The van der Waals surface area contributed by atoms with Crippen molar-refractivity contribution >= 4 is 45.0 Å². The van der Waals surface area contributed by atoms with Crippen LogP contribution in [-0.4, -0.2) is 62.7 Å². The molecule has 1 N–H and O–H groups in total. The van der Waals surface area contributed by atoms with Crippen molar-refractivity contribution in [3.8, 4) is 11.4 Å². The van der Waals surface area contributed by atoms with Gasteiger partial charge in [-0.2, -0.15) is 5.10 Å². The summed E-state index contributed by atoms with van der Waals surface area (Å²) in [4.78, 5) is 30.9. The Morgan fingerprint density at radius 3 is 2.30 bits per heavy atom. The topological polar surface area (TPSA) is 78.7 Å². The van der Waals surface area contributed by atoms with Crippen molar-refractivity contribution < 1.29 is 14.7 Å². The standard InChI is InChI=1S/C24H21ClN4O3S/c1-15-17-14-21(33-24(17)29(26-15)19-8-4-3-7-18(19)25)23(32)28-12-10-27(11-13-28)22(31)16-6-2-5-9-20(16)30/h2-9,14,30H,10-13H2,1H3. The Morgan fingerprint density at radius 2 is 1.61 bits per heavy atom. The van der Waals surface area contributed by atoms with Gasteiger partial charge < -0.3 is 14.9 Å². The molecule has 1 aliphatic heterocycles. The summed E-state index contributed by atoms with van der Waals surface area (Å²) < 4.78 is 1.79. The second kappa shape index (κ2) is 8.53. The predicted octanol–water partition coefficient (Wildman–Crippen LogP) is 4.35. The molecule has 0 saturated carbocycles. The van der Waals surface area contributed by atoms with Gasteiger partial charge in [0.15, 0.2) is 0 Å². The maximum atomic E-state index is 13.2. The highest BCUT2D eigenvalue weighted by Gasteiger charge is 2.28. The van der Waals surface area contributed by atoms with E-state index in [0.717, 1.165) is 21.6 Å². The lowest BCUT2D eigenvalue weighted by Crippen LogP contribution is -2.50. The highest BCUT2D eigenvalue weighted by Crippen LogP contribution is 2.33. The Balaban J connectivity index is 1.34. The summed E-state index contributed by atoms with van der Waals surface area (Å²) in [5.41, 5.74) is 1.88. The maximum Gasteiger partial charge on any atom is 0.264 e.